The number of halogens is 1. The van der Waals surface area contributed by atoms with Gasteiger partial charge >= 0.3 is 0 Å². The summed E-state index contributed by atoms with van der Waals surface area (Å²) in [6.45, 7) is 1.17. The van der Waals surface area contributed by atoms with E-state index < -0.39 is 0 Å². The van der Waals surface area contributed by atoms with Crippen molar-refractivity contribution >= 4 is 5.69 Å². The largest absolute Gasteiger partial charge is 0.382 e. The summed E-state index contributed by atoms with van der Waals surface area (Å²) in [4.78, 5) is 0. The lowest BCUT2D eigenvalue weighted by Crippen LogP contribution is -2.48. The van der Waals surface area contributed by atoms with Crippen molar-refractivity contribution in [3.05, 3.63) is 30.1 Å². The molecule has 20 heavy (non-hydrogen) atoms. The maximum atomic E-state index is 13.0. The third-order valence-corrected chi connectivity index (χ3v) is 4.88. The van der Waals surface area contributed by atoms with Gasteiger partial charge in [0.05, 0.1) is 0 Å². The van der Waals surface area contributed by atoms with Gasteiger partial charge in [0.2, 0.25) is 0 Å². The Hall–Kier alpha value is -1.09. The predicted octanol–water partition coefficient (Wildman–Crippen LogP) is 3.94. The van der Waals surface area contributed by atoms with Gasteiger partial charge in [0.25, 0.3) is 0 Å². The van der Waals surface area contributed by atoms with E-state index in [4.69, 9.17) is 0 Å². The molecule has 0 bridgehead atoms. The van der Waals surface area contributed by atoms with Gasteiger partial charge in [0.15, 0.2) is 0 Å². The first kappa shape index (κ1) is 13.9. The van der Waals surface area contributed by atoms with E-state index in [0.717, 1.165) is 5.69 Å². The highest BCUT2D eigenvalue weighted by Crippen LogP contribution is 2.32. The maximum Gasteiger partial charge on any atom is 0.123 e. The normalized spacial score (nSPS) is 30.9. The summed E-state index contributed by atoms with van der Waals surface area (Å²) < 4.78 is 13.0. The molecule has 1 saturated carbocycles. The lowest BCUT2D eigenvalue weighted by atomic mass is 9.77. The van der Waals surface area contributed by atoms with Gasteiger partial charge in [-0.3, -0.25) is 0 Å². The molecule has 0 amide bonds. The molecule has 1 aromatic carbocycles. The van der Waals surface area contributed by atoms with Gasteiger partial charge in [-0.05, 0) is 62.4 Å². The van der Waals surface area contributed by atoms with Gasteiger partial charge < -0.3 is 10.6 Å². The smallest absolute Gasteiger partial charge is 0.123 e. The average molecular weight is 276 g/mol. The third kappa shape index (κ3) is 3.32. The van der Waals surface area contributed by atoms with E-state index in [1.165, 1.54) is 51.5 Å². The Bertz CT molecular complexity index is 412. The molecule has 0 spiro atoms. The number of piperidine rings is 1. The van der Waals surface area contributed by atoms with Crippen LogP contribution in [0.1, 0.15) is 44.9 Å². The van der Waals surface area contributed by atoms with Crippen LogP contribution in [0, 0.1) is 11.7 Å². The van der Waals surface area contributed by atoms with Gasteiger partial charge in [-0.25, -0.2) is 4.39 Å². The van der Waals surface area contributed by atoms with Crippen LogP contribution in [0.5, 0.6) is 0 Å². The van der Waals surface area contributed by atoms with E-state index in [-0.39, 0.29) is 5.82 Å². The van der Waals surface area contributed by atoms with Crippen LogP contribution in [-0.4, -0.2) is 18.6 Å². The Balaban J connectivity index is 1.66. The summed E-state index contributed by atoms with van der Waals surface area (Å²) in [6, 6.07) is 8.00. The SMILES string of the molecule is Fc1ccc(NC2CCCCC2C2CCCCN2)cc1. The van der Waals surface area contributed by atoms with Gasteiger partial charge in [-0.1, -0.05) is 19.3 Å². The second kappa shape index (κ2) is 6.57. The molecule has 2 aliphatic rings. The van der Waals surface area contributed by atoms with Crippen LogP contribution in [0.4, 0.5) is 10.1 Å². The molecule has 3 heteroatoms. The van der Waals surface area contributed by atoms with Crippen LogP contribution in [-0.2, 0) is 0 Å². The minimum absolute atomic E-state index is 0.162. The Morgan fingerprint density at radius 2 is 1.70 bits per heavy atom. The van der Waals surface area contributed by atoms with Crippen molar-refractivity contribution in [2.24, 2.45) is 5.92 Å². The van der Waals surface area contributed by atoms with Crippen molar-refractivity contribution in [1.29, 1.82) is 0 Å². The Labute approximate surface area is 121 Å². The van der Waals surface area contributed by atoms with E-state index in [2.05, 4.69) is 10.6 Å². The Morgan fingerprint density at radius 1 is 0.950 bits per heavy atom. The van der Waals surface area contributed by atoms with Crippen molar-refractivity contribution in [2.45, 2.75) is 57.0 Å². The molecule has 2 fully saturated rings. The van der Waals surface area contributed by atoms with Gasteiger partial charge in [0, 0.05) is 17.8 Å². The molecule has 1 aliphatic carbocycles. The molecule has 1 saturated heterocycles. The zero-order chi connectivity index (χ0) is 13.8. The first-order valence-electron chi connectivity index (χ1n) is 8.08. The molecule has 0 radical (unpaired) electrons. The standard InChI is InChI=1S/C17H25FN2/c18-13-8-10-14(11-9-13)20-17-7-2-1-5-15(17)16-6-3-4-12-19-16/h8-11,15-17,19-20H,1-7,12H2. The average Bonchev–Trinajstić information content (AvgIpc) is 2.51. The second-order valence-electron chi connectivity index (χ2n) is 6.26. The third-order valence-electron chi connectivity index (χ3n) is 4.88. The molecule has 1 heterocycles. The number of hydrogen-bond acceptors (Lipinski definition) is 2. The van der Waals surface area contributed by atoms with E-state index >= 15 is 0 Å². The Kier molecular flexibility index (Phi) is 4.56. The number of benzene rings is 1. The highest BCUT2D eigenvalue weighted by atomic mass is 19.1. The summed E-state index contributed by atoms with van der Waals surface area (Å²) in [5.41, 5.74) is 1.05. The highest BCUT2D eigenvalue weighted by molar-refractivity contribution is 5.44. The molecule has 2 nitrogen and oxygen atoms in total. The molecule has 110 valence electrons. The Morgan fingerprint density at radius 3 is 2.45 bits per heavy atom. The van der Waals surface area contributed by atoms with Crippen LogP contribution in [0.15, 0.2) is 24.3 Å². The number of nitrogens with one attached hydrogen (secondary N) is 2. The molecule has 0 aromatic heterocycles. The summed E-state index contributed by atoms with van der Waals surface area (Å²) in [6.07, 6.45) is 9.20. The van der Waals surface area contributed by atoms with Crippen LogP contribution >= 0.6 is 0 Å². The minimum Gasteiger partial charge on any atom is -0.382 e. The lowest BCUT2D eigenvalue weighted by Gasteiger charge is -2.40. The fourth-order valence-corrected chi connectivity index (χ4v) is 3.82. The van der Waals surface area contributed by atoms with Gasteiger partial charge in [-0.2, -0.15) is 0 Å². The molecule has 2 N–H and O–H groups in total. The number of rotatable bonds is 3. The van der Waals surface area contributed by atoms with E-state index in [9.17, 15) is 4.39 Å². The minimum atomic E-state index is -0.162. The molecule has 3 rings (SSSR count). The van der Waals surface area contributed by atoms with Crippen molar-refractivity contribution in [1.82, 2.24) is 5.32 Å². The molecular formula is C17H25FN2. The van der Waals surface area contributed by atoms with E-state index in [1.807, 2.05) is 12.1 Å². The fourth-order valence-electron chi connectivity index (χ4n) is 3.82. The summed E-state index contributed by atoms with van der Waals surface area (Å²) in [5.74, 6) is 0.554. The number of anilines is 1. The summed E-state index contributed by atoms with van der Waals surface area (Å²) >= 11 is 0. The topological polar surface area (TPSA) is 24.1 Å². The summed E-state index contributed by atoms with van der Waals surface area (Å²) in [5, 5.41) is 7.36. The van der Waals surface area contributed by atoms with Crippen LogP contribution in [0.3, 0.4) is 0 Å². The number of hydrogen-bond donors (Lipinski definition) is 2. The zero-order valence-electron chi connectivity index (χ0n) is 12.1. The van der Waals surface area contributed by atoms with Crippen molar-refractivity contribution in [3.63, 3.8) is 0 Å². The lowest BCUT2D eigenvalue weighted by molar-refractivity contribution is 0.217. The molecule has 1 aromatic rings. The molecule has 3 atom stereocenters. The first-order valence-corrected chi connectivity index (χ1v) is 8.08. The van der Waals surface area contributed by atoms with Gasteiger partial charge in [-0.15, -0.1) is 0 Å². The van der Waals surface area contributed by atoms with Crippen LogP contribution < -0.4 is 10.6 Å². The predicted molar refractivity (Wildman–Crippen MR) is 81.4 cm³/mol. The van der Waals surface area contributed by atoms with E-state index in [1.54, 1.807) is 12.1 Å². The van der Waals surface area contributed by atoms with Crippen LogP contribution in [0.2, 0.25) is 0 Å². The summed E-state index contributed by atoms with van der Waals surface area (Å²) in [7, 11) is 0. The fraction of sp³-hybridized carbons (Fsp3) is 0.647. The zero-order valence-corrected chi connectivity index (χ0v) is 12.1. The highest BCUT2D eigenvalue weighted by Gasteiger charge is 2.32. The quantitative estimate of drug-likeness (QED) is 0.874. The first-order chi connectivity index (χ1) is 9.83. The van der Waals surface area contributed by atoms with E-state index in [0.29, 0.717) is 18.0 Å². The van der Waals surface area contributed by atoms with Crippen LogP contribution in [0.25, 0.3) is 0 Å². The van der Waals surface area contributed by atoms with Crippen molar-refractivity contribution < 1.29 is 4.39 Å². The van der Waals surface area contributed by atoms with Crippen molar-refractivity contribution in [3.8, 4) is 0 Å². The second-order valence-corrected chi connectivity index (χ2v) is 6.26. The maximum absolute atomic E-state index is 13.0. The van der Waals surface area contributed by atoms with Gasteiger partial charge in [0.1, 0.15) is 5.82 Å². The molecule has 1 aliphatic heterocycles. The van der Waals surface area contributed by atoms with Crippen molar-refractivity contribution in [2.75, 3.05) is 11.9 Å². The molecule has 3 unspecified atom stereocenters. The molecular weight excluding hydrogens is 251 g/mol. The monoisotopic (exact) mass is 276 g/mol.